The summed E-state index contributed by atoms with van der Waals surface area (Å²) in [5, 5.41) is 20.4. The number of hydrogen-bond acceptors (Lipinski definition) is 5. The predicted molar refractivity (Wildman–Crippen MR) is 137 cm³/mol. The molecule has 0 spiro atoms. The predicted octanol–water partition coefficient (Wildman–Crippen LogP) is 5.72. The zero-order valence-electron chi connectivity index (χ0n) is 20.2. The third kappa shape index (κ3) is 8.62. The van der Waals surface area contributed by atoms with Crippen LogP contribution in [-0.4, -0.2) is 34.9 Å². The van der Waals surface area contributed by atoms with Crippen molar-refractivity contribution in [2.24, 2.45) is 0 Å². The van der Waals surface area contributed by atoms with Crippen LogP contribution >= 0.6 is 0 Å². The van der Waals surface area contributed by atoms with Gasteiger partial charge in [0.25, 0.3) is 0 Å². The van der Waals surface area contributed by atoms with E-state index in [9.17, 15) is 9.90 Å². The zero-order valence-corrected chi connectivity index (χ0v) is 20.2. The number of unbranched alkanes of at least 4 members (excludes halogenated alkanes) is 3. The Kier molecular flexibility index (Phi) is 10.4. The average molecular weight is 476 g/mol. The average Bonchev–Trinajstić information content (AvgIpc) is 2.87. The van der Waals surface area contributed by atoms with Gasteiger partial charge >= 0.3 is 5.97 Å². The van der Waals surface area contributed by atoms with E-state index in [1.54, 1.807) is 7.11 Å². The molecule has 1 aromatic heterocycles. The first-order valence-corrected chi connectivity index (χ1v) is 12.1. The van der Waals surface area contributed by atoms with Gasteiger partial charge in [-0.2, -0.15) is 0 Å². The van der Waals surface area contributed by atoms with Crippen LogP contribution in [0.15, 0.2) is 54.6 Å². The molecule has 0 amide bonds. The zero-order chi connectivity index (χ0) is 24.9. The largest absolute Gasteiger partial charge is 0.497 e. The van der Waals surface area contributed by atoms with Crippen molar-refractivity contribution in [3.8, 4) is 23.5 Å². The molecule has 1 atom stereocenters. The lowest BCUT2D eigenvalue weighted by molar-refractivity contribution is -0.137. The smallest absolute Gasteiger partial charge is 0.303 e. The number of aliphatic carboxylic acids is 1. The Bertz CT molecular complexity index is 1150. The summed E-state index contributed by atoms with van der Waals surface area (Å²) in [5.74, 6) is 6.39. The summed E-state index contributed by atoms with van der Waals surface area (Å²) in [4.78, 5) is 15.2. The van der Waals surface area contributed by atoms with Crippen molar-refractivity contribution in [1.82, 2.24) is 4.98 Å². The third-order valence-electron chi connectivity index (χ3n) is 5.70. The van der Waals surface area contributed by atoms with Crippen LogP contribution in [0, 0.1) is 11.8 Å². The molecule has 184 valence electrons. The summed E-state index contributed by atoms with van der Waals surface area (Å²) in [6.45, 7) is 0.522. The Morgan fingerprint density at radius 1 is 1.03 bits per heavy atom. The second kappa shape index (κ2) is 14.0. The lowest BCUT2D eigenvalue weighted by Crippen LogP contribution is -2.06. The molecule has 1 heterocycles. The number of para-hydroxylation sites is 1. The molecule has 0 aliphatic heterocycles. The Labute approximate surface area is 206 Å². The van der Waals surface area contributed by atoms with E-state index in [1.165, 1.54) is 5.56 Å². The number of hydrogen-bond donors (Lipinski definition) is 2. The maximum Gasteiger partial charge on any atom is 0.303 e. The van der Waals surface area contributed by atoms with E-state index in [2.05, 4.69) is 29.0 Å². The van der Waals surface area contributed by atoms with Crippen LogP contribution in [0.4, 0.5) is 0 Å². The number of aliphatic hydroxyl groups is 1. The maximum atomic E-state index is 10.8. The summed E-state index contributed by atoms with van der Waals surface area (Å²) >= 11 is 0. The number of ether oxygens (including phenoxy) is 2. The number of aryl methyl sites for hydroxylation is 1. The molecule has 0 saturated carbocycles. The number of aromatic nitrogens is 1. The minimum Gasteiger partial charge on any atom is -0.497 e. The fourth-order valence-electron chi connectivity index (χ4n) is 3.73. The molecule has 6 heteroatoms. The van der Waals surface area contributed by atoms with Crippen LogP contribution in [-0.2, 0) is 11.2 Å². The monoisotopic (exact) mass is 475 g/mol. The number of methoxy groups -OCH3 is 1. The molecule has 2 aromatic carbocycles. The van der Waals surface area contributed by atoms with Crippen molar-refractivity contribution in [2.45, 2.75) is 57.5 Å². The summed E-state index contributed by atoms with van der Waals surface area (Å²) in [5.41, 5.74) is 2.73. The number of nitrogens with zero attached hydrogens (tertiary/aromatic N) is 1. The minimum atomic E-state index is -0.829. The topological polar surface area (TPSA) is 88.9 Å². The summed E-state index contributed by atoms with van der Waals surface area (Å²) in [7, 11) is 1.67. The van der Waals surface area contributed by atoms with Gasteiger partial charge in [-0.15, -0.1) is 11.8 Å². The van der Waals surface area contributed by atoms with E-state index in [0.717, 1.165) is 42.3 Å². The van der Waals surface area contributed by atoms with E-state index in [0.29, 0.717) is 30.9 Å². The number of rotatable bonds is 13. The Balaban J connectivity index is 1.53. The van der Waals surface area contributed by atoms with Gasteiger partial charge in [-0.05, 0) is 61.9 Å². The van der Waals surface area contributed by atoms with E-state index in [-0.39, 0.29) is 12.8 Å². The van der Waals surface area contributed by atoms with Crippen molar-refractivity contribution in [1.29, 1.82) is 0 Å². The van der Waals surface area contributed by atoms with Crippen LogP contribution in [0.25, 0.3) is 10.9 Å². The van der Waals surface area contributed by atoms with Gasteiger partial charge in [0.15, 0.2) is 0 Å². The van der Waals surface area contributed by atoms with E-state index in [4.69, 9.17) is 14.6 Å². The normalized spacial score (nSPS) is 11.5. The van der Waals surface area contributed by atoms with E-state index < -0.39 is 12.1 Å². The Hall–Kier alpha value is -3.56. The van der Waals surface area contributed by atoms with Crippen molar-refractivity contribution < 1.29 is 24.5 Å². The molecule has 0 radical (unpaired) electrons. The van der Waals surface area contributed by atoms with Gasteiger partial charge in [0, 0.05) is 30.2 Å². The van der Waals surface area contributed by atoms with Gasteiger partial charge in [0.05, 0.1) is 25.3 Å². The van der Waals surface area contributed by atoms with Gasteiger partial charge in [-0.3, -0.25) is 4.79 Å². The van der Waals surface area contributed by atoms with Crippen LogP contribution in [0.5, 0.6) is 11.6 Å². The van der Waals surface area contributed by atoms with Crippen molar-refractivity contribution in [2.75, 3.05) is 13.7 Å². The quantitative estimate of drug-likeness (QED) is 0.243. The fourth-order valence-corrected chi connectivity index (χ4v) is 3.73. The van der Waals surface area contributed by atoms with Crippen LogP contribution in [0.2, 0.25) is 0 Å². The van der Waals surface area contributed by atoms with E-state index >= 15 is 0 Å². The number of carboxylic acid groups (broad SMARTS) is 1. The first kappa shape index (κ1) is 26.1. The number of pyridine rings is 1. The molecule has 0 fully saturated rings. The highest BCUT2D eigenvalue weighted by molar-refractivity contribution is 5.80. The fraction of sp³-hybridized carbons (Fsp3) is 0.379. The van der Waals surface area contributed by atoms with Crippen LogP contribution in [0.3, 0.4) is 0 Å². The van der Waals surface area contributed by atoms with E-state index in [1.807, 2.05) is 42.5 Å². The van der Waals surface area contributed by atoms with Crippen molar-refractivity contribution >= 4 is 16.9 Å². The van der Waals surface area contributed by atoms with Gasteiger partial charge in [0.2, 0.25) is 5.88 Å². The highest BCUT2D eigenvalue weighted by Gasteiger charge is 2.16. The molecule has 1 unspecified atom stereocenters. The second-order valence-corrected chi connectivity index (χ2v) is 8.40. The summed E-state index contributed by atoms with van der Waals surface area (Å²) < 4.78 is 11.2. The first-order chi connectivity index (χ1) is 17.1. The van der Waals surface area contributed by atoms with Gasteiger partial charge < -0.3 is 19.7 Å². The second-order valence-electron chi connectivity index (χ2n) is 8.40. The summed E-state index contributed by atoms with van der Waals surface area (Å²) in [6, 6.07) is 17.8. The number of fused-ring (bicyclic) bond motifs is 1. The lowest BCUT2D eigenvalue weighted by atomic mass is 10.1. The molecule has 6 nitrogen and oxygen atoms in total. The van der Waals surface area contributed by atoms with Gasteiger partial charge in [-0.25, -0.2) is 4.98 Å². The molecular weight excluding hydrogens is 442 g/mol. The minimum absolute atomic E-state index is 0.101. The standard InChI is InChI=1S/C29H33NO5/c1-34-24-18-16-22(17-19-24)11-5-4-10-20-35-29-25(21-23-12-8-9-13-26(23)30-29)27(31)14-6-2-3-7-15-28(32)33/h8-9,12-13,16-19,21,27,31H,3-5,7,10-11,14-15,20H2,1H3,(H,32,33). The van der Waals surface area contributed by atoms with Gasteiger partial charge in [0.1, 0.15) is 5.75 Å². The molecule has 3 rings (SSSR count). The maximum absolute atomic E-state index is 10.8. The number of carbonyl (C=O) groups is 1. The van der Waals surface area contributed by atoms with Crippen molar-refractivity contribution in [3.63, 3.8) is 0 Å². The Morgan fingerprint density at radius 2 is 1.83 bits per heavy atom. The molecular formula is C29H33NO5. The van der Waals surface area contributed by atoms with Gasteiger partial charge in [-0.1, -0.05) is 30.3 Å². The number of benzene rings is 2. The summed E-state index contributed by atoms with van der Waals surface area (Å²) in [6.07, 6.45) is 4.50. The molecule has 0 aliphatic carbocycles. The van der Waals surface area contributed by atoms with Crippen molar-refractivity contribution in [3.05, 3.63) is 65.7 Å². The highest BCUT2D eigenvalue weighted by Crippen LogP contribution is 2.29. The molecule has 0 aliphatic rings. The number of aliphatic hydroxyl groups excluding tert-OH is 1. The first-order valence-electron chi connectivity index (χ1n) is 12.1. The molecule has 2 N–H and O–H groups in total. The highest BCUT2D eigenvalue weighted by atomic mass is 16.5. The Morgan fingerprint density at radius 3 is 2.60 bits per heavy atom. The SMILES string of the molecule is COc1ccc(CCCCCOc2nc3ccccc3cc2C(O)CC#CCCCC(=O)O)cc1. The molecule has 0 saturated heterocycles. The molecule has 35 heavy (non-hydrogen) atoms. The third-order valence-corrected chi connectivity index (χ3v) is 5.70. The molecule has 0 bridgehead atoms. The van der Waals surface area contributed by atoms with Crippen LogP contribution < -0.4 is 9.47 Å². The molecule has 3 aromatic rings. The number of carboxylic acids is 1. The lowest BCUT2D eigenvalue weighted by Gasteiger charge is -2.15. The van der Waals surface area contributed by atoms with Crippen LogP contribution in [0.1, 0.15) is 62.2 Å².